The highest BCUT2D eigenvalue weighted by Gasteiger charge is 2.27. The van der Waals surface area contributed by atoms with Gasteiger partial charge in [-0.2, -0.15) is 0 Å². The zero-order valence-corrected chi connectivity index (χ0v) is 11.4. The molecule has 18 heavy (non-hydrogen) atoms. The van der Waals surface area contributed by atoms with Crippen molar-refractivity contribution >= 4 is 28.6 Å². The molecule has 2 aromatic rings. The summed E-state index contributed by atoms with van der Waals surface area (Å²) in [5.74, 6) is 1.71. The largest absolute Gasteiger partial charge is 0.338 e. The van der Waals surface area contributed by atoms with Crippen LogP contribution < -0.4 is 4.90 Å². The van der Waals surface area contributed by atoms with Gasteiger partial charge in [0.1, 0.15) is 0 Å². The van der Waals surface area contributed by atoms with Crippen molar-refractivity contribution < 1.29 is 0 Å². The van der Waals surface area contributed by atoms with E-state index in [0.29, 0.717) is 11.9 Å². The molecule has 1 saturated carbocycles. The Morgan fingerprint density at radius 3 is 2.78 bits per heavy atom. The van der Waals surface area contributed by atoms with Gasteiger partial charge in [-0.25, -0.2) is 4.98 Å². The molecule has 0 bridgehead atoms. The first-order valence-corrected chi connectivity index (χ1v) is 7.09. The second kappa shape index (κ2) is 4.81. The summed E-state index contributed by atoms with van der Waals surface area (Å²) in [5, 5.41) is 0. The number of hydrogen-bond donors (Lipinski definition) is 0. The van der Waals surface area contributed by atoms with Gasteiger partial charge in [-0.15, -0.1) is 11.6 Å². The normalized spacial score (nSPS) is 15.9. The van der Waals surface area contributed by atoms with Gasteiger partial charge in [0.15, 0.2) is 0 Å². The fourth-order valence-corrected chi connectivity index (χ4v) is 2.81. The number of aryl methyl sites for hydroxylation is 1. The Labute approximate surface area is 112 Å². The maximum Gasteiger partial charge on any atom is 0.206 e. The summed E-state index contributed by atoms with van der Waals surface area (Å²) in [6.45, 7) is 0.878. The Morgan fingerprint density at radius 1 is 1.39 bits per heavy atom. The summed E-state index contributed by atoms with van der Waals surface area (Å²) in [4.78, 5) is 7.14. The molecule has 1 aliphatic carbocycles. The van der Waals surface area contributed by atoms with Gasteiger partial charge in [-0.05, 0) is 31.4 Å². The molecule has 96 valence electrons. The number of nitrogens with zero attached hydrogens (tertiary/aromatic N) is 3. The summed E-state index contributed by atoms with van der Waals surface area (Å²) in [6.07, 6.45) is 3.85. The van der Waals surface area contributed by atoms with Crippen molar-refractivity contribution in [2.24, 2.45) is 7.05 Å². The van der Waals surface area contributed by atoms with Crippen LogP contribution in [0.5, 0.6) is 0 Å². The van der Waals surface area contributed by atoms with E-state index in [1.165, 1.54) is 24.8 Å². The highest BCUT2D eigenvalue weighted by atomic mass is 35.5. The van der Waals surface area contributed by atoms with Crippen LogP contribution in [0.2, 0.25) is 0 Å². The first-order chi connectivity index (χ1) is 8.81. The second-order valence-electron chi connectivity index (χ2n) is 4.93. The van der Waals surface area contributed by atoms with E-state index in [1.807, 2.05) is 6.07 Å². The van der Waals surface area contributed by atoms with E-state index in [-0.39, 0.29) is 0 Å². The molecule has 0 amide bonds. The second-order valence-corrected chi connectivity index (χ2v) is 5.30. The number of imidazole rings is 1. The Bertz CT molecular complexity index is 545. The van der Waals surface area contributed by atoms with E-state index in [1.54, 1.807) is 0 Å². The number of aromatic nitrogens is 2. The van der Waals surface area contributed by atoms with Gasteiger partial charge >= 0.3 is 0 Å². The van der Waals surface area contributed by atoms with Crippen molar-refractivity contribution in [1.29, 1.82) is 0 Å². The molecule has 0 radical (unpaired) electrons. The topological polar surface area (TPSA) is 21.1 Å². The van der Waals surface area contributed by atoms with Crippen LogP contribution in [0.15, 0.2) is 24.3 Å². The Kier molecular flexibility index (Phi) is 3.16. The minimum Gasteiger partial charge on any atom is -0.338 e. The first kappa shape index (κ1) is 11.8. The van der Waals surface area contributed by atoms with Gasteiger partial charge in [0, 0.05) is 25.5 Å². The number of alkyl halides is 1. The van der Waals surface area contributed by atoms with Crippen LogP contribution in [0.1, 0.15) is 19.3 Å². The summed E-state index contributed by atoms with van der Waals surface area (Å²) in [6, 6.07) is 8.90. The van der Waals surface area contributed by atoms with Crippen LogP contribution in [0.3, 0.4) is 0 Å². The average Bonchev–Trinajstić information content (AvgIpc) is 2.65. The maximum atomic E-state index is 5.94. The molecule has 3 nitrogen and oxygen atoms in total. The molecule has 3 rings (SSSR count). The van der Waals surface area contributed by atoms with Crippen LogP contribution >= 0.6 is 11.6 Å². The SMILES string of the molecule is Cn1c(N(CCCl)C2CCC2)nc2ccccc21. The van der Waals surface area contributed by atoms with Gasteiger partial charge in [0.05, 0.1) is 11.0 Å². The van der Waals surface area contributed by atoms with Crippen LogP contribution in [-0.2, 0) is 7.05 Å². The van der Waals surface area contributed by atoms with E-state index in [2.05, 4.69) is 34.7 Å². The first-order valence-electron chi connectivity index (χ1n) is 6.55. The van der Waals surface area contributed by atoms with Crippen LogP contribution in [0.4, 0.5) is 5.95 Å². The van der Waals surface area contributed by atoms with Gasteiger partial charge < -0.3 is 9.47 Å². The number of benzene rings is 1. The predicted octanol–water partition coefficient (Wildman–Crippen LogP) is 3.17. The van der Waals surface area contributed by atoms with E-state index < -0.39 is 0 Å². The van der Waals surface area contributed by atoms with Crippen molar-refractivity contribution in [3.05, 3.63) is 24.3 Å². The molecule has 0 unspecified atom stereocenters. The zero-order chi connectivity index (χ0) is 12.5. The number of halogens is 1. The van der Waals surface area contributed by atoms with Crippen LogP contribution in [-0.4, -0.2) is 28.0 Å². The van der Waals surface area contributed by atoms with Crippen LogP contribution in [0, 0.1) is 0 Å². The number of rotatable bonds is 4. The molecule has 1 aromatic heterocycles. The molecule has 0 atom stereocenters. The van der Waals surface area contributed by atoms with Crippen molar-refractivity contribution in [1.82, 2.24) is 9.55 Å². The third kappa shape index (κ3) is 1.87. The van der Waals surface area contributed by atoms with Crippen molar-refractivity contribution in [2.75, 3.05) is 17.3 Å². The predicted molar refractivity (Wildman–Crippen MR) is 76.4 cm³/mol. The lowest BCUT2D eigenvalue weighted by Gasteiger charge is -2.37. The number of para-hydroxylation sites is 2. The van der Waals surface area contributed by atoms with Crippen LogP contribution in [0.25, 0.3) is 11.0 Å². The summed E-state index contributed by atoms with van der Waals surface area (Å²) >= 11 is 5.94. The quantitative estimate of drug-likeness (QED) is 0.790. The van der Waals surface area contributed by atoms with E-state index in [9.17, 15) is 0 Å². The molecule has 0 saturated heterocycles. The molecule has 1 fully saturated rings. The molecular formula is C14H18ClN3. The summed E-state index contributed by atoms with van der Waals surface area (Å²) in [5.41, 5.74) is 2.25. The fraction of sp³-hybridized carbons (Fsp3) is 0.500. The molecule has 0 N–H and O–H groups in total. The molecule has 1 heterocycles. The standard InChI is InChI=1S/C14H18ClN3/c1-17-13-8-3-2-7-12(13)16-14(17)18(10-9-15)11-5-4-6-11/h2-3,7-8,11H,4-6,9-10H2,1H3. The fourth-order valence-electron chi connectivity index (χ4n) is 2.62. The summed E-state index contributed by atoms with van der Waals surface area (Å²) in [7, 11) is 2.09. The van der Waals surface area contributed by atoms with E-state index in [0.717, 1.165) is 18.0 Å². The van der Waals surface area contributed by atoms with E-state index in [4.69, 9.17) is 16.6 Å². The van der Waals surface area contributed by atoms with Crippen molar-refractivity contribution in [2.45, 2.75) is 25.3 Å². The lowest BCUT2D eigenvalue weighted by atomic mass is 9.92. The van der Waals surface area contributed by atoms with Gasteiger partial charge in [0.25, 0.3) is 0 Å². The minimum absolute atomic E-state index is 0.624. The Morgan fingerprint density at radius 2 is 2.17 bits per heavy atom. The Balaban J connectivity index is 2.02. The van der Waals surface area contributed by atoms with E-state index >= 15 is 0 Å². The third-order valence-electron chi connectivity index (χ3n) is 3.86. The molecule has 1 aromatic carbocycles. The van der Waals surface area contributed by atoms with Gasteiger partial charge in [-0.3, -0.25) is 0 Å². The van der Waals surface area contributed by atoms with Crippen molar-refractivity contribution in [3.63, 3.8) is 0 Å². The third-order valence-corrected chi connectivity index (χ3v) is 4.03. The molecule has 4 heteroatoms. The number of anilines is 1. The number of fused-ring (bicyclic) bond motifs is 1. The Hall–Kier alpha value is -1.22. The molecular weight excluding hydrogens is 246 g/mol. The van der Waals surface area contributed by atoms with Gasteiger partial charge in [-0.1, -0.05) is 12.1 Å². The highest BCUT2D eigenvalue weighted by molar-refractivity contribution is 6.18. The van der Waals surface area contributed by atoms with Crippen molar-refractivity contribution in [3.8, 4) is 0 Å². The number of hydrogen-bond acceptors (Lipinski definition) is 2. The zero-order valence-electron chi connectivity index (χ0n) is 10.6. The molecule has 1 aliphatic rings. The highest BCUT2D eigenvalue weighted by Crippen LogP contribution is 2.30. The molecule has 0 aliphatic heterocycles. The molecule has 0 spiro atoms. The monoisotopic (exact) mass is 263 g/mol. The lowest BCUT2D eigenvalue weighted by molar-refractivity contribution is 0.385. The average molecular weight is 264 g/mol. The smallest absolute Gasteiger partial charge is 0.206 e. The summed E-state index contributed by atoms with van der Waals surface area (Å²) < 4.78 is 2.18. The maximum absolute atomic E-state index is 5.94. The lowest BCUT2D eigenvalue weighted by Crippen LogP contribution is -2.42. The van der Waals surface area contributed by atoms with Gasteiger partial charge in [0.2, 0.25) is 5.95 Å². The minimum atomic E-state index is 0.624.